The van der Waals surface area contributed by atoms with Gasteiger partial charge in [0.05, 0.1) is 33.3 Å². The van der Waals surface area contributed by atoms with Crippen LogP contribution in [0.4, 0.5) is 0 Å². The number of fused-ring (bicyclic) bond motifs is 1. The molecule has 0 radical (unpaired) electrons. The van der Waals surface area contributed by atoms with Crippen molar-refractivity contribution in [2.45, 2.75) is 25.3 Å². The van der Waals surface area contributed by atoms with E-state index in [1.807, 2.05) is 30.3 Å². The number of ether oxygens (including phenoxy) is 2. The van der Waals surface area contributed by atoms with Crippen LogP contribution in [0.3, 0.4) is 0 Å². The largest absolute Gasteiger partial charge is 0.496 e. The Labute approximate surface area is 161 Å². The zero-order valence-electron chi connectivity index (χ0n) is 16.4. The van der Waals surface area contributed by atoms with Gasteiger partial charge in [0.2, 0.25) is 0 Å². The number of likely N-dealkylation sites (N-methyl/N-ethyl adjacent to an activating group) is 1. The Morgan fingerprint density at radius 3 is 2.70 bits per heavy atom. The molecule has 2 N–H and O–H groups in total. The van der Waals surface area contributed by atoms with E-state index in [-0.39, 0.29) is 18.6 Å². The van der Waals surface area contributed by atoms with Gasteiger partial charge in [-0.1, -0.05) is 18.2 Å². The lowest BCUT2D eigenvalue weighted by Crippen LogP contribution is -3.07. The molecule has 0 aromatic heterocycles. The van der Waals surface area contributed by atoms with E-state index in [4.69, 9.17) is 9.47 Å². The number of nitrogens with one attached hydrogen (secondary N) is 2. The number of aryl methyl sites for hydroxylation is 2. The van der Waals surface area contributed by atoms with Crippen LogP contribution in [0.15, 0.2) is 42.5 Å². The molecule has 0 unspecified atom stereocenters. The lowest BCUT2D eigenvalue weighted by atomic mass is 10.0. The number of rotatable bonds is 8. The molecule has 27 heavy (non-hydrogen) atoms. The van der Waals surface area contributed by atoms with Gasteiger partial charge in [0.1, 0.15) is 17.5 Å². The summed E-state index contributed by atoms with van der Waals surface area (Å²) in [4.78, 5) is 13.5. The lowest BCUT2D eigenvalue weighted by Gasteiger charge is -2.23. The SMILES string of the molecule is COc1ccccc1[C@H](CNC(=O)COc1ccc2c(c1)CCC2)[NH+](C)C. The first-order valence-corrected chi connectivity index (χ1v) is 9.52. The third kappa shape index (κ3) is 4.80. The predicted octanol–water partition coefficient (Wildman–Crippen LogP) is 1.56. The van der Waals surface area contributed by atoms with Crippen molar-refractivity contribution >= 4 is 5.91 Å². The van der Waals surface area contributed by atoms with Crippen LogP contribution in [0.5, 0.6) is 11.5 Å². The van der Waals surface area contributed by atoms with E-state index in [1.165, 1.54) is 22.4 Å². The highest BCUT2D eigenvalue weighted by atomic mass is 16.5. The summed E-state index contributed by atoms with van der Waals surface area (Å²) in [5.41, 5.74) is 3.83. The van der Waals surface area contributed by atoms with Crippen LogP contribution in [-0.4, -0.2) is 40.3 Å². The van der Waals surface area contributed by atoms with E-state index in [0.717, 1.165) is 29.9 Å². The molecule has 0 bridgehead atoms. The molecule has 2 aromatic rings. The van der Waals surface area contributed by atoms with E-state index in [2.05, 4.69) is 31.5 Å². The van der Waals surface area contributed by atoms with Crippen molar-refractivity contribution < 1.29 is 19.2 Å². The molecule has 5 nitrogen and oxygen atoms in total. The molecular weight excluding hydrogens is 340 g/mol. The molecule has 1 aliphatic carbocycles. The maximum atomic E-state index is 12.3. The van der Waals surface area contributed by atoms with Crippen molar-refractivity contribution in [1.29, 1.82) is 0 Å². The molecule has 1 atom stereocenters. The molecule has 2 aromatic carbocycles. The fourth-order valence-corrected chi connectivity index (χ4v) is 3.63. The van der Waals surface area contributed by atoms with Gasteiger partial charge in [-0.15, -0.1) is 0 Å². The van der Waals surface area contributed by atoms with Crippen LogP contribution in [0, 0.1) is 0 Å². The second-order valence-electron chi connectivity index (χ2n) is 7.25. The molecular formula is C22H29N2O3+. The molecule has 0 saturated heterocycles. The summed E-state index contributed by atoms with van der Waals surface area (Å²) in [6.07, 6.45) is 3.45. The standard InChI is InChI=1S/C22H28N2O3/c1-24(2)20(19-9-4-5-10-21(19)26-3)14-23-22(25)15-27-18-12-11-16-7-6-8-17(16)13-18/h4-5,9-13,20H,6-8,14-15H2,1-3H3,(H,23,25)/p+1/t20-/m0/s1. The first-order chi connectivity index (χ1) is 13.1. The van der Waals surface area contributed by atoms with Crippen molar-refractivity contribution in [3.63, 3.8) is 0 Å². The highest BCUT2D eigenvalue weighted by Gasteiger charge is 2.22. The average Bonchev–Trinajstić information content (AvgIpc) is 3.14. The fraction of sp³-hybridized carbons (Fsp3) is 0.409. The van der Waals surface area contributed by atoms with Crippen molar-refractivity contribution in [2.24, 2.45) is 0 Å². The van der Waals surface area contributed by atoms with Crippen LogP contribution < -0.4 is 19.7 Å². The van der Waals surface area contributed by atoms with E-state index in [0.29, 0.717) is 6.54 Å². The predicted molar refractivity (Wildman–Crippen MR) is 106 cm³/mol. The van der Waals surface area contributed by atoms with Crippen molar-refractivity contribution in [3.05, 3.63) is 59.2 Å². The van der Waals surface area contributed by atoms with Gasteiger partial charge in [-0.3, -0.25) is 4.79 Å². The van der Waals surface area contributed by atoms with Crippen molar-refractivity contribution in [2.75, 3.05) is 34.4 Å². The quantitative estimate of drug-likeness (QED) is 0.743. The van der Waals surface area contributed by atoms with E-state index < -0.39 is 0 Å². The number of carbonyl (C=O) groups excluding carboxylic acids is 1. The third-order valence-electron chi connectivity index (χ3n) is 5.15. The third-order valence-corrected chi connectivity index (χ3v) is 5.15. The minimum atomic E-state index is -0.114. The van der Waals surface area contributed by atoms with E-state index >= 15 is 0 Å². The number of hydrogen-bond acceptors (Lipinski definition) is 3. The molecule has 0 heterocycles. The van der Waals surface area contributed by atoms with Gasteiger partial charge in [-0.05, 0) is 54.7 Å². The topological polar surface area (TPSA) is 52.0 Å². The Hall–Kier alpha value is -2.53. The first-order valence-electron chi connectivity index (χ1n) is 9.52. The molecule has 3 rings (SSSR count). The summed E-state index contributed by atoms with van der Waals surface area (Å²) >= 11 is 0. The van der Waals surface area contributed by atoms with Crippen LogP contribution >= 0.6 is 0 Å². The summed E-state index contributed by atoms with van der Waals surface area (Å²) in [6.45, 7) is 0.551. The monoisotopic (exact) mass is 369 g/mol. The minimum absolute atomic E-state index is 0.0280. The maximum Gasteiger partial charge on any atom is 0.258 e. The Morgan fingerprint density at radius 1 is 1.15 bits per heavy atom. The van der Waals surface area contributed by atoms with Crippen LogP contribution in [0.2, 0.25) is 0 Å². The number of hydrogen-bond donors (Lipinski definition) is 2. The normalized spacial score (nSPS) is 13.9. The van der Waals surface area contributed by atoms with Crippen LogP contribution in [0.25, 0.3) is 0 Å². The van der Waals surface area contributed by atoms with Gasteiger partial charge in [0.15, 0.2) is 6.61 Å². The minimum Gasteiger partial charge on any atom is -0.496 e. The summed E-state index contributed by atoms with van der Waals surface area (Å²) in [5.74, 6) is 1.49. The number of para-hydroxylation sites is 1. The zero-order chi connectivity index (χ0) is 19.2. The van der Waals surface area contributed by atoms with Gasteiger partial charge in [0, 0.05) is 0 Å². The second kappa shape index (κ2) is 8.91. The van der Waals surface area contributed by atoms with E-state index in [9.17, 15) is 4.79 Å². The number of carbonyl (C=O) groups is 1. The number of benzene rings is 2. The highest BCUT2D eigenvalue weighted by Crippen LogP contribution is 2.26. The Morgan fingerprint density at radius 2 is 1.93 bits per heavy atom. The van der Waals surface area contributed by atoms with Gasteiger partial charge in [0.25, 0.3) is 5.91 Å². The average molecular weight is 369 g/mol. The Bertz CT molecular complexity index is 789. The van der Waals surface area contributed by atoms with E-state index in [1.54, 1.807) is 7.11 Å². The molecule has 144 valence electrons. The fourth-order valence-electron chi connectivity index (χ4n) is 3.63. The van der Waals surface area contributed by atoms with Gasteiger partial charge < -0.3 is 19.7 Å². The Kier molecular flexibility index (Phi) is 6.35. The summed E-state index contributed by atoms with van der Waals surface area (Å²) in [7, 11) is 5.82. The number of quaternary nitrogens is 1. The molecule has 0 saturated carbocycles. The molecule has 5 heteroatoms. The maximum absolute atomic E-state index is 12.3. The summed E-state index contributed by atoms with van der Waals surface area (Å²) in [5, 5.41) is 3.00. The summed E-state index contributed by atoms with van der Waals surface area (Å²) < 4.78 is 11.2. The molecule has 1 amide bonds. The van der Waals surface area contributed by atoms with Gasteiger partial charge in [-0.25, -0.2) is 0 Å². The Balaban J connectivity index is 1.55. The van der Waals surface area contributed by atoms with Crippen LogP contribution in [0.1, 0.15) is 29.2 Å². The molecule has 0 fully saturated rings. The van der Waals surface area contributed by atoms with Crippen LogP contribution in [-0.2, 0) is 17.6 Å². The van der Waals surface area contributed by atoms with Gasteiger partial charge >= 0.3 is 0 Å². The zero-order valence-corrected chi connectivity index (χ0v) is 16.4. The van der Waals surface area contributed by atoms with Gasteiger partial charge in [-0.2, -0.15) is 0 Å². The smallest absolute Gasteiger partial charge is 0.258 e. The number of amides is 1. The molecule has 0 spiro atoms. The molecule has 1 aliphatic rings. The lowest BCUT2D eigenvalue weighted by molar-refractivity contribution is -0.890. The van der Waals surface area contributed by atoms with Crippen molar-refractivity contribution in [3.8, 4) is 11.5 Å². The highest BCUT2D eigenvalue weighted by molar-refractivity contribution is 5.77. The molecule has 0 aliphatic heterocycles. The second-order valence-corrected chi connectivity index (χ2v) is 7.25. The summed E-state index contributed by atoms with van der Waals surface area (Å²) in [6, 6.07) is 14.2. The first kappa shape index (κ1) is 19.2. The van der Waals surface area contributed by atoms with Crippen molar-refractivity contribution in [1.82, 2.24) is 5.32 Å². The number of methoxy groups -OCH3 is 1.